The fourth-order valence-electron chi connectivity index (χ4n) is 8.97. The Morgan fingerprint density at radius 3 is 0.942 bits per heavy atom. The van der Waals surface area contributed by atoms with Crippen LogP contribution in [0.25, 0.3) is 0 Å². The first-order valence-electron chi connectivity index (χ1n) is 20.6. The largest absolute Gasteiger partial charge is 1.00 e. The Morgan fingerprint density at radius 2 is 0.750 bits per heavy atom. The number of rotatable bonds is 30. The molecule has 0 saturated carbocycles. The molecular weight excluding hydrogens is 720 g/mol. The van der Waals surface area contributed by atoms with Crippen LogP contribution in [0.2, 0.25) is 0 Å². The zero-order valence-corrected chi connectivity index (χ0v) is 36.4. The number of ether oxygens (including phenoxy) is 5. The smallest absolute Gasteiger partial charge is 1.00 e. The molecule has 6 unspecified atom stereocenters. The molecule has 0 bridgehead atoms. The first-order valence-corrected chi connectivity index (χ1v) is 23.6. The van der Waals surface area contributed by atoms with Crippen molar-refractivity contribution in [2.45, 2.75) is 214 Å². The van der Waals surface area contributed by atoms with Gasteiger partial charge in [-0.15, -0.1) is 0 Å². The number of hydrogen-bond donors (Lipinski definition) is 2. The molecule has 0 aliphatic carbocycles. The quantitative estimate of drug-likeness (QED) is 0.0515. The first-order chi connectivity index (χ1) is 24.4. The van der Waals surface area contributed by atoms with E-state index >= 15 is 0 Å². The minimum absolute atomic E-state index is 0. The second kappa shape index (κ2) is 22.0. The minimum Gasteiger partial charge on any atom is -1.00 e. The van der Waals surface area contributed by atoms with Crippen LogP contribution in [-0.4, -0.2) is 85.6 Å². The summed E-state index contributed by atoms with van der Waals surface area (Å²) in [5.74, 6) is -3.17. The summed E-state index contributed by atoms with van der Waals surface area (Å²) < 4.78 is 105. The molecule has 14 heteroatoms. The molecule has 6 atom stereocenters. The molecule has 0 amide bonds. The summed E-state index contributed by atoms with van der Waals surface area (Å²) in [7, 11) is -9.17. The van der Waals surface area contributed by atoms with E-state index < -0.39 is 53.5 Å². The van der Waals surface area contributed by atoms with Crippen LogP contribution in [0.1, 0.15) is 182 Å². The standard InChI is InChI=1S/C38H70O11S2.Na.H/c1-3-5-7-9-11-13-15-17-19-21-23-33(50(39,40)41)35(25-29-45-35)37(27-31-47-37)49-38(28-32-48-38)36(26-30-46-36)34(51(42,43)44)24-22-20-18-16-14-12-10-8-6-4-2;;/h33-34H,3-32H2,1-2H3,(H,39,40,41)(H,42,43,44);;/q;+1;-1. The molecule has 4 aliphatic rings. The second-order valence-electron chi connectivity index (χ2n) is 15.7. The summed E-state index contributed by atoms with van der Waals surface area (Å²) in [6, 6.07) is 0. The van der Waals surface area contributed by atoms with Gasteiger partial charge >= 0.3 is 29.6 Å². The normalized spacial score (nSPS) is 29.9. The van der Waals surface area contributed by atoms with Gasteiger partial charge in [0.15, 0.2) is 0 Å². The molecule has 52 heavy (non-hydrogen) atoms. The average molecular weight is 791 g/mol. The van der Waals surface area contributed by atoms with E-state index in [1.54, 1.807) is 0 Å². The van der Waals surface area contributed by atoms with Gasteiger partial charge in [0.1, 0.15) is 21.7 Å². The summed E-state index contributed by atoms with van der Waals surface area (Å²) in [6.45, 7) is 5.54. The molecule has 11 nitrogen and oxygen atoms in total. The Kier molecular flexibility index (Phi) is 19.8. The van der Waals surface area contributed by atoms with E-state index in [0.717, 1.165) is 38.5 Å². The molecule has 2 N–H and O–H groups in total. The second-order valence-corrected chi connectivity index (χ2v) is 18.9. The van der Waals surface area contributed by atoms with E-state index in [1.807, 2.05) is 0 Å². The molecule has 4 rings (SSSR count). The molecule has 0 aromatic rings. The molecule has 4 heterocycles. The summed E-state index contributed by atoms with van der Waals surface area (Å²) in [5, 5.41) is -2.57. The monoisotopic (exact) mass is 790 g/mol. The van der Waals surface area contributed by atoms with Crippen molar-refractivity contribution in [2.24, 2.45) is 0 Å². The minimum atomic E-state index is -4.58. The van der Waals surface area contributed by atoms with Gasteiger partial charge in [0.05, 0.1) is 26.4 Å². The van der Waals surface area contributed by atoms with E-state index in [-0.39, 0.29) is 83.1 Å². The third kappa shape index (κ3) is 11.4. The molecule has 4 saturated heterocycles. The van der Waals surface area contributed by atoms with Gasteiger partial charge in [-0.25, -0.2) is 0 Å². The SMILES string of the molecule is CCCCCCCCCCCCC(C1(C2(OC3(C4(C(CCCCCCCCCCCC)S(=O)(=O)O)CCO4)CCO3)CCO2)CCO1)S(=O)(=O)O.[H-].[Na+]. The van der Waals surface area contributed by atoms with Crippen molar-refractivity contribution >= 4 is 20.2 Å². The van der Waals surface area contributed by atoms with E-state index in [9.17, 15) is 25.9 Å². The molecule has 0 radical (unpaired) electrons. The first kappa shape index (κ1) is 47.0. The maximum absolute atomic E-state index is 13.1. The van der Waals surface area contributed by atoms with Gasteiger partial charge in [0.2, 0.25) is 11.6 Å². The Bertz CT molecular complexity index is 1140. The van der Waals surface area contributed by atoms with Crippen LogP contribution in [-0.2, 0) is 43.9 Å². The van der Waals surface area contributed by atoms with Crippen molar-refractivity contribution in [3.63, 3.8) is 0 Å². The van der Waals surface area contributed by atoms with Crippen molar-refractivity contribution in [1.29, 1.82) is 0 Å². The van der Waals surface area contributed by atoms with E-state index in [2.05, 4.69) is 13.8 Å². The molecule has 302 valence electrons. The van der Waals surface area contributed by atoms with Crippen LogP contribution >= 0.6 is 0 Å². The van der Waals surface area contributed by atoms with Crippen LogP contribution in [0, 0.1) is 0 Å². The van der Waals surface area contributed by atoms with Crippen molar-refractivity contribution < 1.29 is 80.6 Å². The number of hydrogen-bond acceptors (Lipinski definition) is 9. The van der Waals surface area contributed by atoms with Crippen molar-refractivity contribution in [2.75, 3.05) is 26.4 Å². The maximum atomic E-state index is 13.1. The molecule has 0 spiro atoms. The van der Waals surface area contributed by atoms with Crippen LogP contribution in [0.3, 0.4) is 0 Å². The molecular formula is C38H71NaO11S2. The van der Waals surface area contributed by atoms with Crippen LogP contribution in [0.15, 0.2) is 0 Å². The predicted molar refractivity (Wildman–Crippen MR) is 199 cm³/mol. The van der Waals surface area contributed by atoms with Gasteiger partial charge in [0, 0.05) is 25.7 Å². The molecule has 4 fully saturated rings. The van der Waals surface area contributed by atoms with Gasteiger partial charge in [0.25, 0.3) is 20.2 Å². The number of unbranched alkanes of at least 4 members (excludes halogenated alkanes) is 18. The van der Waals surface area contributed by atoms with Crippen molar-refractivity contribution in [3.8, 4) is 0 Å². The van der Waals surface area contributed by atoms with Gasteiger partial charge in [-0.2, -0.15) is 16.8 Å². The van der Waals surface area contributed by atoms with Crippen molar-refractivity contribution in [1.82, 2.24) is 0 Å². The van der Waals surface area contributed by atoms with Gasteiger partial charge < -0.3 is 25.1 Å². The average Bonchev–Trinajstić information content (AvgIpc) is 2.99. The Labute approximate surface area is 339 Å². The molecule has 0 aromatic carbocycles. The van der Waals surface area contributed by atoms with E-state index in [4.69, 9.17) is 23.7 Å². The van der Waals surface area contributed by atoms with Gasteiger partial charge in [-0.1, -0.05) is 142 Å². The topological polar surface area (TPSA) is 155 Å². The third-order valence-electron chi connectivity index (χ3n) is 12.2. The Balaban J connectivity index is 0.00000486. The fourth-order valence-corrected chi connectivity index (χ4v) is 11.6. The Morgan fingerprint density at radius 1 is 0.500 bits per heavy atom. The summed E-state index contributed by atoms with van der Waals surface area (Å²) in [4.78, 5) is 0. The summed E-state index contributed by atoms with van der Waals surface area (Å²) in [5.41, 5.74) is -2.97. The molecule has 0 aromatic heterocycles. The molecule has 4 aliphatic heterocycles. The Hall–Kier alpha value is 0.620. The van der Waals surface area contributed by atoms with Gasteiger partial charge in [-0.3, -0.25) is 9.11 Å². The van der Waals surface area contributed by atoms with Crippen LogP contribution in [0.4, 0.5) is 0 Å². The van der Waals surface area contributed by atoms with Crippen LogP contribution < -0.4 is 29.6 Å². The van der Waals surface area contributed by atoms with E-state index in [1.165, 1.54) is 77.0 Å². The summed E-state index contributed by atoms with van der Waals surface area (Å²) in [6.07, 6.45) is 23.4. The zero-order chi connectivity index (χ0) is 36.9. The van der Waals surface area contributed by atoms with E-state index in [0.29, 0.717) is 25.7 Å². The van der Waals surface area contributed by atoms with Crippen molar-refractivity contribution in [3.05, 3.63) is 0 Å². The fraction of sp³-hybridized carbons (Fsp3) is 1.00. The van der Waals surface area contributed by atoms with Gasteiger partial charge in [-0.05, 0) is 12.8 Å². The maximum Gasteiger partial charge on any atom is 1.00 e. The third-order valence-corrected chi connectivity index (χ3v) is 14.9. The zero-order valence-electron chi connectivity index (χ0n) is 33.8. The van der Waals surface area contributed by atoms with Crippen LogP contribution in [0.5, 0.6) is 0 Å². The predicted octanol–water partition coefficient (Wildman–Crippen LogP) is 5.81. The summed E-state index contributed by atoms with van der Waals surface area (Å²) >= 11 is 0.